The molecule has 56 heavy (non-hydrogen) atoms. The van der Waals surface area contributed by atoms with Crippen LogP contribution in [-0.2, 0) is 10.8 Å². The lowest BCUT2D eigenvalue weighted by atomic mass is 9.68. The average Bonchev–Trinajstić information content (AvgIpc) is 3.24. The van der Waals surface area contributed by atoms with Crippen LogP contribution in [0.2, 0.25) is 0 Å². The Hall–Kier alpha value is -6.38. The van der Waals surface area contributed by atoms with Crippen molar-refractivity contribution in [2.24, 2.45) is 0 Å². The van der Waals surface area contributed by atoms with Crippen LogP contribution in [0.3, 0.4) is 0 Å². The Morgan fingerprint density at radius 2 is 0.643 bits per heavy atom. The summed E-state index contributed by atoms with van der Waals surface area (Å²) in [5, 5.41) is 0. The Balaban J connectivity index is 1.12. The van der Waals surface area contributed by atoms with Gasteiger partial charge in [-0.2, -0.15) is 0 Å². The Bertz CT molecular complexity index is 2360. The molecule has 274 valence electrons. The second kappa shape index (κ2) is 13.7. The zero-order valence-electron chi connectivity index (χ0n) is 33.2. The molecule has 0 unspecified atom stereocenters. The van der Waals surface area contributed by atoms with Crippen LogP contribution in [0.25, 0.3) is 23.3 Å². The summed E-state index contributed by atoms with van der Waals surface area (Å²) in [7, 11) is 4.47. The van der Waals surface area contributed by atoms with E-state index in [-0.39, 0.29) is 10.8 Å². The van der Waals surface area contributed by atoms with Gasteiger partial charge in [-0.1, -0.05) is 161 Å². The van der Waals surface area contributed by atoms with Crippen LogP contribution < -0.4 is 9.80 Å². The molecule has 0 atom stereocenters. The Morgan fingerprint density at radius 3 is 0.946 bits per heavy atom. The third kappa shape index (κ3) is 5.97. The minimum atomic E-state index is -0.221. The molecule has 2 nitrogen and oxygen atoms in total. The number of benzene rings is 7. The molecule has 0 N–H and O–H groups in total. The Kier molecular flexibility index (Phi) is 8.66. The van der Waals surface area contributed by atoms with E-state index in [0.29, 0.717) is 0 Å². The van der Waals surface area contributed by atoms with Gasteiger partial charge in [-0.25, -0.2) is 0 Å². The van der Waals surface area contributed by atoms with Crippen LogP contribution in [0, 0.1) is 0 Å². The topological polar surface area (TPSA) is 6.48 Å². The first kappa shape index (κ1) is 35.3. The molecule has 0 radical (unpaired) electrons. The molecule has 2 aliphatic rings. The number of hydrogen-bond acceptors (Lipinski definition) is 2. The van der Waals surface area contributed by atoms with E-state index in [1.54, 1.807) is 0 Å². The number of nitrogens with zero attached hydrogens (tertiary/aromatic N) is 2. The summed E-state index contributed by atoms with van der Waals surface area (Å²) in [6, 6.07) is 61.9. The highest BCUT2D eigenvalue weighted by Crippen LogP contribution is 2.55. The minimum absolute atomic E-state index is 0.221. The second-order valence-electron chi connectivity index (χ2n) is 16.4. The van der Waals surface area contributed by atoms with Crippen molar-refractivity contribution >= 4 is 46.0 Å². The lowest BCUT2D eigenvalue weighted by molar-refractivity contribution is 0.612. The fourth-order valence-electron chi connectivity index (χ4n) is 9.03. The molecular formula is C54H48N2. The van der Waals surface area contributed by atoms with E-state index in [0.717, 1.165) is 0 Å². The molecule has 7 aromatic rings. The van der Waals surface area contributed by atoms with Crippen LogP contribution in [-0.4, -0.2) is 14.1 Å². The van der Waals surface area contributed by atoms with E-state index < -0.39 is 0 Å². The van der Waals surface area contributed by atoms with Gasteiger partial charge in [-0.05, 0) is 115 Å². The van der Waals surface area contributed by atoms with E-state index in [9.17, 15) is 0 Å². The van der Waals surface area contributed by atoms with Crippen molar-refractivity contribution in [3.05, 3.63) is 225 Å². The van der Waals surface area contributed by atoms with Crippen molar-refractivity contribution in [1.29, 1.82) is 0 Å². The van der Waals surface area contributed by atoms with Crippen molar-refractivity contribution in [3.8, 4) is 0 Å². The fourth-order valence-corrected chi connectivity index (χ4v) is 9.03. The maximum atomic E-state index is 2.48. The van der Waals surface area contributed by atoms with Crippen LogP contribution in [0.15, 0.2) is 170 Å². The van der Waals surface area contributed by atoms with Crippen molar-refractivity contribution in [3.63, 3.8) is 0 Å². The smallest absolute Gasteiger partial charge is 0.0454 e. The van der Waals surface area contributed by atoms with Crippen molar-refractivity contribution < 1.29 is 0 Å². The summed E-state index contributed by atoms with van der Waals surface area (Å²) in [6.07, 6.45) is 4.70. The van der Waals surface area contributed by atoms with Crippen LogP contribution >= 0.6 is 0 Å². The normalized spacial score (nSPS) is 14.5. The molecule has 2 heteroatoms. The maximum absolute atomic E-state index is 2.48. The van der Waals surface area contributed by atoms with Gasteiger partial charge in [0.05, 0.1) is 0 Å². The Morgan fingerprint density at radius 1 is 0.357 bits per heavy atom. The highest BCUT2D eigenvalue weighted by atomic mass is 15.1. The third-order valence-electron chi connectivity index (χ3n) is 12.3. The van der Waals surface area contributed by atoms with E-state index >= 15 is 0 Å². The van der Waals surface area contributed by atoms with Gasteiger partial charge in [-0.15, -0.1) is 0 Å². The summed E-state index contributed by atoms with van der Waals surface area (Å²) < 4.78 is 0. The molecule has 2 aliphatic heterocycles. The zero-order chi connectivity index (χ0) is 38.6. The maximum Gasteiger partial charge on any atom is 0.0454 e. The van der Waals surface area contributed by atoms with E-state index in [2.05, 4.69) is 234 Å². The van der Waals surface area contributed by atoms with Gasteiger partial charge in [0.2, 0.25) is 0 Å². The SMILES string of the molecule is CN1c2ccc(C=C(c3ccccc3)c3ccccc3)cc2C(C)(C)c2cc3c(cc21)C(C)(C)c1cc(C=C(c2ccccc2)c2ccccc2)ccc1N3C. The molecule has 0 bridgehead atoms. The van der Waals surface area contributed by atoms with Gasteiger partial charge in [0.15, 0.2) is 0 Å². The van der Waals surface area contributed by atoms with E-state index in [1.165, 1.54) is 89.5 Å². The summed E-state index contributed by atoms with van der Waals surface area (Å²) >= 11 is 0. The van der Waals surface area contributed by atoms with Crippen molar-refractivity contribution in [2.75, 3.05) is 23.9 Å². The standard InChI is InChI=1S/C54H48N2/c1-53(2)45-33-37(31-43(39-19-11-7-12-20-39)40-21-13-8-14-22-40)27-29-49(45)55(5)51-36-48-52(35-47(51)53)56(6)50-30-28-38(34-46(50)54(48,3)4)32-44(41-23-15-9-16-24-41)42-25-17-10-18-26-42/h7-36H,1-6H3. The van der Waals surface area contributed by atoms with Crippen LogP contribution in [0.1, 0.15) is 83.3 Å². The summed E-state index contributed by atoms with van der Waals surface area (Å²) in [4.78, 5) is 4.82. The highest BCUT2D eigenvalue weighted by molar-refractivity contribution is 5.94. The first-order valence-corrected chi connectivity index (χ1v) is 19.7. The number of hydrogen-bond donors (Lipinski definition) is 0. The van der Waals surface area contributed by atoms with Gasteiger partial charge in [0.25, 0.3) is 0 Å². The minimum Gasteiger partial charge on any atom is -0.344 e. The second-order valence-corrected chi connectivity index (χ2v) is 16.4. The summed E-state index contributed by atoms with van der Waals surface area (Å²) in [5.41, 5.74) is 19.7. The molecule has 9 rings (SSSR count). The molecule has 0 fully saturated rings. The number of anilines is 4. The van der Waals surface area contributed by atoms with Gasteiger partial charge in [0.1, 0.15) is 0 Å². The summed E-state index contributed by atoms with van der Waals surface area (Å²) in [6.45, 7) is 9.57. The fraction of sp³-hybridized carbons (Fsp3) is 0.148. The van der Waals surface area contributed by atoms with E-state index in [4.69, 9.17) is 0 Å². The number of rotatable bonds is 6. The van der Waals surface area contributed by atoms with E-state index in [1.807, 2.05) is 0 Å². The predicted octanol–water partition coefficient (Wildman–Crippen LogP) is 13.7. The molecule has 7 aromatic carbocycles. The van der Waals surface area contributed by atoms with Gasteiger partial charge in [0, 0.05) is 47.7 Å². The van der Waals surface area contributed by atoms with Crippen LogP contribution in [0.5, 0.6) is 0 Å². The van der Waals surface area contributed by atoms with Crippen molar-refractivity contribution in [2.45, 2.75) is 38.5 Å². The monoisotopic (exact) mass is 724 g/mol. The zero-order valence-corrected chi connectivity index (χ0v) is 33.2. The number of fused-ring (bicyclic) bond motifs is 4. The molecule has 0 spiro atoms. The third-order valence-corrected chi connectivity index (χ3v) is 12.3. The molecule has 0 aromatic heterocycles. The molecule has 0 aliphatic carbocycles. The van der Waals surface area contributed by atoms with Gasteiger partial charge in [-0.3, -0.25) is 0 Å². The molecule has 0 saturated carbocycles. The predicted molar refractivity (Wildman–Crippen MR) is 239 cm³/mol. The highest BCUT2D eigenvalue weighted by Gasteiger charge is 2.41. The van der Waals surface area contributed by atoms with Gasteiger partial charge >= 0.3 is 0 Å². The largest absolute Gasteiger partial charge is 0.344 e. The molecule has 2 heterocycles. The molecular weight excluding hydrogens is 677 g/mol. The van der Waals surface area contributed by atoms with Gasteiger partial charge < -0.3 is 9.80 Å². The lowest BCUT2D eigenvalue weighted by Gasteiger charge is -2.45. The summed E-state index contributed by atoms with van der Waals surface area (Å²) in [5.74, 6) is 0. The first-order chi connectivity index (χ1) is 27.1. The molecule has 0 amide bonds. The lowest BCUT2D eigenvalue weighted by Crippen LogP contribution is -2.35. The van der Waals surface area contributed by atoms with Crippen LogP contribution in [0.4, 0.5) is 22.7 Å². The quantitative estimate of drug-likeness (QED) is 0.158. The molecule has 0 saturated heterocycles. The first-order valence-electron chi connectivity index (χ1n) is 19.7. The average molecular weight is 725 g/mol. The Labute approximate surface area is 332 Å². The van der Waals surface area contributed by atoms with Crippen molar-refractivity contribution in [1.82, 2.24) is 0 Å².